The molecule has 0 spiro atoms. The molecule has 0 saturated heterocycles. The minimum atomic E-state index is -0.385. The lowest BCUT2D eigenvalue weighted by molar-refractivity contribution is 0.0136. The zero-order chi connectivity index (χ0) is 12.7. The number of hydrogen-bond acceptors (Lipinski definition) is 6. The molecule has 3 N–H and O–H groups in total. The third-order valence-corrected chi connectivity index (χ3v) is 2.70. The van der Waals surface area contributed by atoms with Gasteiger partial charge in [0.25, 0.3) is 5.91 Å². The summed E-state index contributed by atoms with van der Waals surface area (Å²) in [5.74, 6) is 4.62. The number of rotatable bonds is 7. The van der Waals surface area contributed by atoms with Crippen LogP contribution in [-0.2, 0) is 16.1 Å². The molecule has 1 rings (SSSR count). The molecule has 6 nitrogen and oxygen atoms in total. The molecule has 0 atom stereocenters. The van der Waals surface area contributed by atoms with E-state index in [1.165, 1.54) is 11.3 Å². The molecule has 0 saturated carbocycles. The van der Waals surface area contributed by atoms with Crippen LogP contribution in [0.1, 0.15) is 29.3 Å². The number of nitrogens with one attached hydrogen (secondary N) is 1. The van der Waals surface area contributed by atoms with Crippen molar-refractivity contribution in [1.29, 1.82) is 0 Å². The Morgan fingerprint density at radius 1 is 1.59 bits per heavy atom. The SMILES string of the molecule is CC(C)OCCOCc1csc(C(=O)NN)n1. The van der Waals surface area contributed by atoms with E-state index < -0.39 is 0 Å². The van der Waals surface area contributed by atoms with E-state index in [0.717, 1.165) is 5.69 Å². The molecule has 96 valence electrons. The van der Waals surface area contributed by atoms with Crippen molar-refractivity contribution in [1.82, 2.24) is 10.4 Å². The summed E-state index contributed by atoms with van der Waals surface area (Å²) in [6.45, 7) is 5.37. The first-order valence-corrected chi connectivity index (χ1v) is 6.16. The fourth-order valence-electron chi connectivity index (χ4n) is 1.06. The number of hydrazine groups is 1. The smallest absolute Gasteiger partial charge is 0.294 e. The average Bonchev–Trinajstić information content (AvgIpc) is 2.76. The number of aromatic nitrogens is 1. The summed E-state index contributed by atoms with van der Waals surface area (Å²) in [6, 6.07) is 0. The van der Waals surface area contributed by atoms with Crippen LogP contribution >= 0.6 is 11.3 Å². The van der Waals surface area contributed by atoms with Gasteiger partial charge < -0.3 is 9.47 Å². The van der Waals surface area contributed by atoms with Crippen LogP contribution in [-0.4, -0.2) is 30.2 Å². The van der Waals surface area contributed by atoms with Gasteiger partial charge in [0.05, 0.1) is 31.6 Å². The van der Waals surface area contributed by atoms with Gasteiger partial charge in [-0.05, 0) is 13.8 Å². The van der Waals surface area contributed by atoms with Crippen LogP contribution in [0.25, 0.3) is 0 Å². The lowest BCUT2D eigenvalue weighted by Crippen LogP contribution is -2.29. The predicted octanol–water partition coefficient (Wildman–Crippen LogP) is 0.688. The summed E-state index contributed by atoms with van der Waals surface area (Å²) in [7, 11) is 0. The Kier molecular flexibility index (Phi) is 6.06. The fourth-order valence-corrected chi connectivity index (χ4v) is 1.76. The number of carbonyl (C=O) groups is 1. The number of thiazole rings is 1. The largest absolute Gasteiger partial charge is 0.376 e. The second-order valence-electron chi connectivity index (χ2n) is 3.59. The number of carbonyl (C=O) groups excluding carboxylic acids is 1. The molecule has 0 fully saturated rings. The Balaban J connectivity index is 2.23. The van der Waals surface area contributed by atoms with Gasteiger partial charge in [0.2, 0.25) is 0 Å². The number of nitrogen functional groups attached to an aromatic ring is 1. The van der Waals surface area contributed by atoms with Crippen LogP contribution in [0, 0.1) is 0 Å². The van der Waals surface area contributed by atoms with Crippen molar-refractivity contribution in [2.75, 3.05) is 13.2 Å². The Labute approximate surface area is 104 Å². The molecular weight excluding hydrogens is 242 g/mol. The zero-order valence-electron chi connectivity index (χ0n) is 9.93. The van der Waals surface area contributed by atoms with Gasteiger partial charge in [-0.25, -0.2) is 10.8 Å². The molecule has 0 aromatic carbocycles. The monoisotopic (exact) mass is 259 g/mol. The Morgan fingerprint density at radius 3 is 3.00 bits per heavy atom. The third kappa shape index (κ3) is 5.22. The van der Waals surface area contributed by atoms with Gasteiger partial charge in [0.1, 0.15) is 0 Å². The maximum atomic E-state index is 11.1. The Bertz CT molecular complexity index is 354. The van der Waals surface area contributed by atoms with Crippen LogP contribution in [0.5, 0.6) is 0 Å². The lowest BCUT2D eigenvalue weighted by Gasteiger charge is -2.06. The van der Waals surface area contributed by atoms with Crippen molar-refractivity contribution in [2.45, 2.75) is 26.6 Å². The maximum Gasteiger partial charge on any atom is 0.294 e. The summed E-state index contributed by atoms with van der Waals surface area (Å²) in [4.78, 5) is 15.2. The Morgan fingerprint density at radius 2 is 2.35 bits per heavy atom. The maximum absolute atomic E-state index is 11.1. The molecule has 7 heteroatoms. The van der Waals surface area contributed by atoms with Crippen molar-refractivity contribution >= 4 is 17.2 Å². The first-order valence-electron chi connectivity index (χ1n) is 5.28. The van der Waals surface area contributed by atoms with Crippen LogP contribution < -0.4 is 11.3 Å². The zero-order valence-corrected chi connectivity index (χ0v) is 10.8. The number of nitrogens with two attached hydrogens (primary N) is 1. The normalized spacial score (nSPS) is 10.8. The quantitative estimate of drug-likeness (QED) is 0.325. The van der Waals surface area contributed by atoms with Gasteiger partial charge in [0, 0.05) is 5.38 Å². The van der Waals surface area contributed by atoms with Crippen molar-refractivity contribution in [3.05, 3.63) is 16.1 Å². The molecule has 17 heavy (non-hydrogen) atoms. The molecule has 1 aromatic rings. The second kappa shape index (κ2) is 7.33. The van der Waals surface area contributed by atoms with Gasteiger partial charge in [-0.3, -0.25) is 10.2 Å². The first-order chi connectivity index (χ1) is 8.13. The van der Waals surface area contributed by atoms with Gasteiger partial charge in [-0.2, -0.15) is 0 Å². The van der Waals surface area contributed by atoms with E-state index in [1.807, 2.05) is 19.3 Å². The summed E-state index contributed by atoms with van der Waals surface area (Å²) >= 11 is 1.24. The molecule has 0 aliphatic carbocycles. The third-order valence-electron chi connectivity index (χ3n) is 1.81. The van der Waals surface area contributed by atoms with E-state index in [1.54, 1.807) is 5.38 Å². The van der Waals surface area contributed by atoms with Gasteiger partial charge >= 0.3 is 0 Å². The van der Waals surface area contributed by atoms with E-state index in [0.29, 0.717) is 24.8 Å². The topological polar surface area (TPSA) is 86.5 Å². The van der Waals surface area contributed by atoms with Crippen LogP contribution in [0.3, 0.4) is 0 Å². The molecule has 1 amide bonds. The molecular formula is C10H17N3O3S. The highest BCUT2D eigenvalue weighted by atomic mass is 32.1. The number of ether oxygens (including phenoxy) is 2. The Hall–Kier alpha value is -1.02. The van der Waals surface area contributed by atoms with Crippen molar-refractivity contribution in [3.63, 3.8) is 0 Å². The number of hydrogen-bond donors (Lipinski definition) is 2. The molecule has 1 aromatic heterocycles. The minimum absolute atomic E-state index is 0.206. The van der Waals surface area contributed by atoms with E-state index in [9.17, 15) is 4.79 Å². The van der Waals surface area contributed by atoms with E-state index in [2.05, 4.69) is 4.98 Å². The number of nitrogens with zero attached hydrogens (tertiary/aromatic N) is 1. The van der Waals surface area contributed by atoms with Gasteiger partial charge in [0.15, 0.2) is 5.01 Å². The molecule has 0 bridgehead atoms. The van der Waals surface area contributed by atoms with Crippen molar-refractivity contribution in [3.8, 4) is 0 Å². The molecule has 0 unspecified atom stereocenters. The molecule has 0 radical (unpaired) electrons. The van der Waals surface area contributed by atoms with Gasteiger partial charge in [-0.15, -0.1) is 11.3 Å². The van der Waals surface area contributed by atoms with E-state index in [4.69, 9.17) is 15.3 Å². The van der Waals surface area contributed by atoms with E-state index in [-0.39, 0.29) is 12.0 Å². The van der Waals surface area contributed by atoms with E-state index >= 15 is 0 Å². The molecule has 0 aliphatic heterocycles. The molecule has 1 heterocycles. The summed E-state index contributed by atoms with van der Waals surface area (Å²) in [5.41, 5.74) is 2.75. The van der Waals surface area contributed by atoms with Crippen molar-refractivity contribution in [2.24, 2.45) is 5.84 Å². The highest BCUT2D eigenvalue weighted by Crippen LogP contribution is 2.10. The van der Waals surface area contributed by atoms with Crippen molar-refractivity contribution < 1.29 is 14.3 Å². The predicted molar refractivity (Wildman–Crippen MR) is 64.5 cm³/mol. The highest BCUT2D eigenvalue weighted by Gasteiger charge is 2.09. The first kappa shape index (κ1) is 14.0. The second-order valence-corrected chi connectivity index (χ2v) is 4.45. The van der Waals surface area contributed by atoms with Crippen LogP contribution in [0.15, 0.2) is 5.38 Å². The lowest BCUT2D eigenvalue weighted by atomic mass is 10.5. The average molecular weight is 259 g/mol. The summed E-state index contributed by atoms with van der Waals surface area (Å²) < 4.78 is 10.7. The van der Waals surface area contributed by atoms with Crippen LogP contribution in [0.4, 0.5) is 0 Å². The summed E-state index contributed by atoms with van der Waals surface area (Å²) in [6.07, 6.45) is 0.206. The van der Waals surface area contributed by atoms with Gasteiger partial charge in [-0.1, -0.05) is 0 Å². The standard InChI is InChI=1S/C10H17N3O3S/c1-7(2)16-4-3-15-5-8-6-17-10(12-8)9(14)13-11/h6-7H,3-5,11H2,1-2H3,(H,13,14). The summed E-state index contributed by atoms with van der Waals surface area (Å²) in [5, 5.41) is 2.11. The number of amides is 1. The van der Waals surface area contributed by atoms with Crippen LogP contribution in [0.2, 0.25) is 0 Å². The molecule has 0 aliphatic rings. The minimum Gasteiger partial charge on any atom is -0.376 e. The fraction of sp³-hybridized carbons (Fsp3) is 0.600. The highest BCUT2D eigenvalue weighted by molar-refractivity contribution is 7.11.